The molecule has 0 saturated heterocycles. The Balaban J connectivity index is 2.22. The zero-order valence-electron chi connectivity index (χ0n) is 14.0. The van der Waals surface area contributed by atoms with Crippen LogP contribution in [0.15, 0.2) is 60.7 Å². The maximum absolute atomic E-state index is 13.4. The second-order valence-corrected chi connectivity index (χ2v) is 6.16. The molecule has 3 aromatic rings. The molecule has 0 spiro atoms. The second kappa shape index (κ2) is 6.48. The van der Waals surface area contributed by atoms with Crippen molar-refractivity contribution in [2.24, 2.45) is 0 Å². The van der Waals surface area contributed by atoms with Crippen molar-refractivity contribution >= 4 is 0 Å². The predicted octanol–water partition coefficient (Wildman–Crippen LogP) is 5.91. The zero-order chi connectivity index (χ0) is 17.3. The average Bonchev–Trinajstić information content (AvgIpc) is 2.53. The number of aryl methyl sites for hydroxylation is 3. The summed E-state index contributed by atoms with van der Waals surface area (Å²) in [5, 5.41) is 0. The molecular formula is C22H19F2+. The van der Waals surface area contributed by atoms with Crippen molar-refractivity contribution in [3.05, 3.63) is 112 Å². The molecule has 0 aliphatic rings. The molecule has 0 amide bonds. The van der Waals surface area contributed by atoms with Gasteiger partial charge in [0.05, 0.1) is 22.6 Å². The lowest BCUT2D eigenvalue weighted by molar-refractivity contribution is 0.627. The Morgan fingerprint density at radius 1 is 0.625 bits per heavy atom. The van der Waals surface area contributed by atoms with Gasteiger partial charge in [0, 0.05) is 11.1 Å². The summed E-state index contributed by atoms with van der Waals surface area (Å²) in [6.45, 7) is 6.21. The minimum Gasteiger partial charge on any atom is -0.206 e. The summed E-state index contributed by atoms with van der Waals surface area (Å²) >= 11 is 0. The van der Waals surface area contributed by atoms with Crippen LogP contribution in [0.4, 0.5) is 8.78 Å². The first kappa shape index (κ1) is 16.3. The fourth-order valence-electron chi connectivity index (χ4n) is 3.26. The molecule has 0 radical (unpaired) electrons. The van der Waals surface area contributed by atoms with E-state index in [9.17, 15) is 8.78 Å². The molecule has 0 aliphatic carbocycles. The third kappa shape index (κ3) is 3.18. The smallest absolute Gasteiger partial charge is 0.134 e. The summed E-state index contributed by atoms with van der Waals surface area (Å²) in [6, 6.07) is 17.2. The van der Waals surface area contributed by atoms with Crippen molar-refractivity contribution in [2.45, 2.75) is 20.8 Å². The Labute approximate surface area is 141 Å². The normalized spacial score (nSPS) is 10.7. The highest BCUT2D eigenvalue weighted by atomic mass is 19.1. The topological polar surface area (TPSA) is 0 Å². The number of benzene rings is 3. The Bertz CT molecular complexity index is 778. The zero-order valence-corrected chi connectivity index (χ0v) is 14.0. The van der Waals surface area contributed by atoms with Crippen LogP contribution in [0.2, 0.25) is 0 Å². The van der Waals surface area contributed by atoms with E-state index in [-0.39, 0.29) is 11.6 Å². The van der Waals surface area contributed by atoms with Gasteiger partial charge >= 0.3 is 0 Å². The van der Waals surface area contributed by atoms with Gasteiger partial charge in [0.15, 0.2) is 0 Å². The summed E-state index contributed by atoms with van der Waals surface area (Å²) in [5.74, 6) is 0.453. The first-order valence-electron chi connectivity index (χ1n) is 7.93. The summed E-state index contributed by atoms with van der Waals surface area (Å²) in [6.07, 6.45) is 0. The van der Waals surface area contributed by atoms with Crippen molar-refractivity contribution in [1.82, 2.24) is 0 Å². The lowest BCUT2D eigenvalue weighted by atomic mass is 9.80. The van der Waals surface area contributed by atoms with E-state index < -0.39 is 0 Å². The molecule has 0 unspecified atom stereocenters. The molecule has 120 valence electrons. The van der Waals surface area contributed by atoms with Crippen molar-refractivity contribution < 1.29 is 8.78 Å². The lowest BCUT2D eigenvalue weighted by Crippen LogP contribution is -2.09. The van der Waals surface area contributed by atoms with Gasteiger partial charge in [-0.3, -0.25) is 0 Å². The van der Waals surface area contributed by atoms with Crippen molar-refractivity contribution in [3.8, 4) is 0 Å². The van der Waals surface area contributed by atoms with E-state index in [1.54, 1.807) is 24.3 Å². The van der Waals surface area contributed by atoms with Crippen molar-refractivity contribution in [3.63, 3.8) is 0 Å². The van der Waals surface area contributed by atoms with Gasteiger partial charge in [0.25, 0.3) is 0 Å². The van der Waals surface area contributed by atoms with Crippen LogP contribution in [-0.4, -0.2) is 0 Å². The van der Waals surface area contributed by atoms with E-state index in [4.69, 9.17) is 0 Å². The molecule has 0 aromatic heterocycles. The van der Waals surface area contributed by atoms with Gasteiger partial charge < -0.3 is 0 Å². The van der Waals surface area contributed by atoms with E-state index in [0.717, 1.165) is 33.7 Å². The number of rotatable bonds is 3. The van der Waals surface area contributed by atoms with Crippen LogP contribution in [0.1, 0.15) is 33.4 Å². The van der Waals surface area contributed by atoms with Crippen LogP contribution in [0.3, 0.4) is 0 Å². The highest BCUT2D eigenvalue weighted by molar-refractivity contribution is 5.62. The Morgan fingerprint density at radius 2 is 1.00 bits per heavy atom. The maximum Gasteiger partial charge on any atom is 0.134 e. The van der Waals surface area contributed by atoms with Gasteiger partial charge in [-0.05, 0) is 87.0 Å². The largest absolute Gasteiger partial charge is 0.206 e. The standard InChI is InChI=1S/C22H19F2/c1-14-12-15(2)21(16(3)13-14)22(17-4-8-19(23)9-5-17)18-6-10-20(24)11-7-18/h4-13H,1-3H3/q+1. The Hall–Kier alpha value is -2.61. The first-order chi connectivity index (χ1) is 11.5. The number of halogens is 2. The van der Waals surface area contributed by atoms with E-state index in [2.05, 4.69) is 32.9 Å². The molecule has 0 heterocycles. The van der Waals surface area contributed by atoms with Crippen molar-refractivity contribution in [2.75, 3.05) is 0 Å². The van der Waals surface area contributed by atoms with E-state index in [1.807, 2.05) is 0 Å². The fraction of sp³-hybridized carbons (Fsp3) is 0.136. The SMILES string of the molecule is Cc1cc(C)c([C+](c2ccc(F)cc2)c2ccc(F)cc2)c(C)c1. The quantitative estimate of drug-likeness (QED) is 0.415. The molecule has 2 heteroatoms. The molecule has 0 saturated carbocycles. The molecule has 3 aromatic carbocycles. The molecule has 0 bridgehead atoms. The lowest BCUT2D eigenvalue weighted by Gasteiger charge is -2.18. The molecule has 0 fully saturated rings. The van der Waals surface area contributed by atoms with Crippen LogP contribution in [0.25, 0.3) is 0 Å². The minimum atomic E-state index is -0.269. The summed E-state index contributed by atoms with van der Waals surface area (Å²) in [5.41, 5.74) is 6.44. The summed E-state index contributed by atoms with van der Waals surface area (Å²) in [4.78, 5) is 0. The maximum atomic E-state index is 13.4. The molecular weight excluding hydrogens is 302 g/mol. The van der Waals surface area contributed by atoms with Crippen LogP contribution < -0.4 is 0 Å². The van der Waals surface area contributed by atoms with E-state index in [0.29, 0.717) is 0 Å². The Kier molecular flexibility index (Phi) is 4.39. The number of hydrogen-bond donors (Lipinski definition) is 0. The van der Waals surface area contributed by atoms with Crippen LogP contribution in [-0.2, 0) is 0 Å². The van der Waals surface area contributed by atoms with Gasteiger partial charge in [0.2, 0.25) is 0 Å². The van der Waals surface area contributed by atoms with Crippen LogP contribution in [0, 0.1) is 38.3 Å². The third-order valence-corrected chi connectivity index (χ3v) is 4.19. The highest BCUT2D eigenvalue weighted by Crippen LogP contribution is 2.35. The van der Waals surface area contributed by atoms with Gasteiger partial charge in [-0.2, -0.15) is 0 Å². The highest BCUT2D eigenvalue weighted by Gasteiger charge is 2.26. The molecule has 0 atom stereocenters. The number of hydrogen-bond acceptors (Lipinski definition) is 0. The predicted molar refractivity (Wildman–Crippen MR) is 94.0 cm³/mol. The summed E-state index contributed by atoms with van der Waals surface area (Å²) < 4.78 is 26.7. The Morgan fingerprint density at radius 3 is 1.38 bits per heavy atom. The molecule has 0 N–H and O–H groups in total. The van der Waals surface area contributed by atoms with E-state index >= 15 is 0 Å². The minimum absolute atomic E-state index is 0.269. The van der Waals surface area contributed by atoms with Gasteiger partial charge in [-0.25, -0.2) is 8.78 Å². The molecule has 0 aliphatic heterocycles. The molecule has 3 rings (SSSR count). The van der Waals surface area contributed by atoms with Gasteiger partial charge in [-0.15, -0.1) is 0 Å². The van der Waals surface area contributed by atoms with Crippen LogP contribution >= 0.6 is 0 Å². The summed E-state index contributed by atoms with van der Waals surface area (Å²) in [7, 11) is 0. The fourth-order valence-corrected chi connectivity index (χ4v) is 3.26. The van der Waals surface area contributed by atoms with Crippen LogP contribution in [0.5, 0.6) is 0 Å². The second-order valence-electron chi connectivity index (χ2n) is 6.16. The van der Waals surface area contributed by atoms with Gasteiger partial charge in [-0.1, -0.05) is 0 Å². The first-order valence-corrected chi connectivity index (χ1v) is 7.93. The van der Waals surface area contributed by atoms with Crippen molar-refractivity contribution in [1.29, 1.82) is 0 Å². The van der Waals surface area contributed by atoms with E-state index in [1.165, 1.54) is 29.8 Å². The molecule has 24 heavy (non-hydrogen) atoms. The molecule has 0 nitrogen and oxygen atoms in total. The third-order valence-electron chi connectivity index (χ3n) is 4.19. The van der Waals surface area contributed by atoms with Gasteiger partial charge in [0.1, 0.15) is 11.6 Å². The average molecular weight is 321 g/mol. The monoisotopic (exact) mass is 321 g/mol.